The maximum atomic E-state index is 8.49. The molecule has 7 heteroatoms. The lowest BCUT2D eigenvalue weighted by Crippen LogP contribution is -2.68. The van der Waals surface area contributed by atoms with E-state index in [1.54, 1.807) is 0 Å². The van der Waals surface area contributed by atoms with E-state index in [9.17, 15) is 0 Å². The third-order valence-electron chi connectivity index (χ3n) is 6.37. The average molecular weight is 567 g/mol. The predicted octanol–water partition coefficient (Wildman–Crippen LogP) is 4.97. The number of halogens is 1. The molecule has 0 amide bonds. The summed E-state index contributed by atoms with van der Waals surface area (Å²) < 4.78 is 39.9. The van der Waals surface area contributed by atoms with E-state index in [1.165, 1.54) is 56.7 Å². The van der Waals surface area contributed by atoms with Crippen LogP contribution in [0.5, 0.6) is 5.75 Å². The number of hydrogen-bond acceptors (Lipinski definition) is 5. The first-order chi connectivity index (χ1) is 18.7. The van der Waals surface area contributed by atoms with Gasteiger partial charge < -0.3 is 4.74 Å². The summed E-state index contributed by atoms with van der Waals surface area (Å²) in [7, 11) is -4.94. The van der Waals surface area contributed by atoms with E-state index in [4.69, 9.17) is 23.4 Å². The first kappa shape index (κ1) is 30.7. The van der Waals surface area contributed by atoms with Crippen molar-refractivity contribution in [3.63, 3.8) is 0 Å². The zero-order valence-corrected chi connectivity index (χ0v) is 24.2. The molecule has 0 saturated heterocycles. The lowest BCUT2D eigenvalue weighted by Gasteiger charge is -2.17. The van der Waals surface area contributed by atoms with Crippen LogP contribution in [0, 0.1) is 10.2 Å². The minimum atomic E-state index is -4.94. The van der Waals surface area contributed by atoms with Crippen LogP contribution in [0.15, 0.2) is 84.2 Å². The highest BCUT2D eigenvalue weighted by atomic mass is 35.7. The molecule has 0 unspecified atom stereocenters. The zero-order valence-electron chi connectivity index (χ0n) is 22.7. The molecule has 0 spiro atoms. The Bertz CT molecular complexity index is 1280. The number of unbranched alkanes of at least 4 members (excludes halogenated alkanes) is 2. The summed E-state index contributed by atoms with van der Waals surface area (Å²) in [5, 5.41) is 2.22. The summed E-state index contributed by atoms with van der Waals surface area (Å²) in [6.45, 7) is 7.41. The Morgan fingerprint density at radius 1 is 0.641 bits per heavy atom. The Balaban J connectivity index is 0.000000771. The molecule has 0 atom stereocenters. The van der Waals surface area contributed by atoms with Gasteiger partial charge in [0.25, 0.3) is 0 Å². The maximum Gasteiger partial charge on any atom is 0.246 e. The molecule has 5 nitrogen and oxygen atoms in total. The van der Waals surface area contributed by atoms with Crippen LogP contribution in [0.1, 0.15) is 51.2 Å². The smallest absolute Gasteiger partial charge is 0.246 e. The van der Waals surface area contributed by atoms with Gasteiger partial charge >= 0.3 is 0 Å². The molecule has 0 aliphatic heterocycles. The monoisotopic (exact) mass is 566 g/mol. The Labute approximate surface area is 237 Å². The summed E-state index contributed by atoms with van der Waals surface area (Å²) in [6.07, 6.45) is 5.64. The van der Waals surface area contributed by atoms with E-state index < -0.39 is 10.2 Å². The largest absolute Gasteiger partial charge is 0.494 e. The van der Waals surface area contributed by atoms with Crippen molar-refractivity contribution < 1.29 is 33.6 Å². The third-order valence-corrected chi connectivity index (χ3v) is 7.32. The number of ether oxygens (including phenoxy) is 1. The third kappa shape index (κ3) is 9.69. The van der Waals surface area contributed by atoms with Crippen LogP contribution >= 0.6 is 11.3 Å². The van der Waals surface area contributed by atoms with Gasteiger partial charge in [-0.1, -0.05) is 82.1 Å². The zero-order chi connectivity index (χ0) is 28.3. The fraction of sp³-hybridized carbons (Fsp3) is 0.281. The van der Waals surface area contributed by atoms with Crippen LogP contribution in [0.4, 0.5) is 0 Å². The van der Waals surface area contributed by atoms with Crippen LogP contribution in [-0.4, -0.2) is 6.61 Å². The first-order valence-electron chi connectivity index (χ1n) is 13.2. The van der Waals surface area contributed by atoms with Crippen LogP contribution < -0.4 is 23.4 Å². The van der Waals surface area contributed by atoms with Crippen molar-refractivity contribution in [3.8, 4) is 38.4 Å². The summed E-state index contributed by atoms with van der Waals surface area (Å²) in [6, 6.07) is 29.0. The number of benzene rings is 3. The highest BCUT2D eigenvalue weighted by Crippen LogP contribution is 2.42. The van der Waals surface area contributed by atoms with Gasteiger partial charge in [0.2, 0.25) is 16.2 Å². The van der Waals surface area contributed by atoms with Gasteiger partial charge in [0, 0.05) is 17.2 Å². The maximum absolute atomic E-state index is 8.49. The lowest BCUT2D eigenvalue weighted by molar-refractivity contribution is -2.00. The van der Waals surface area contributed by atoms with Gasteiger partial charge in [-0.3, -0.25) is 0 Å². The molecule has 39 heavy (non-hydrogen) atoms. The van der Waals surface area contributed by atoms with E-state index in [2.05, 4.69) is 105 Å². The van der Waals surface area contributed by atoms with E-state index in [-0.39, 0.29) is 0 Å². The Morgan fingerprint density at radius 2 is 1.15 bits per heavy atom. The topological polar surface area (TPSA) is 101 Å². The second kappa shape index (κ2) is 15.1. The van der Waals surface area contributed by atoms with E-state index in [0.717, 1.165) is 31.6 Å². The summed E-state index contributed by atoms with van der Waals surface area (Å²) >= 11 is 1.81. The molecule has 0 aliphatic rings. The average Bonchev–Trinajstić information content (AvgIpc) is 2.94. The van der Waals surface area contributed by atoms with Crippen LogP contribution in [0.25, 0.3) is 32.7 Å². The van der Waals surface area contributed by atoms with Crippen LogP contribution in [0.3, 0.4) is 0 Å². The second-order valence-electron chi connectivity index (χ2n) is 9.10. The van der Waals surface area contributed by atoms with Crippen LogP contribution in [0.2, 0.25) is 0 Å². The molecule has 0 N–H and O–H groups in total. The summed E-state index contributed by atoms with van der Waals surface area (Å²) in [5.41, 5.74) is 9.05. The van der Waals surface area contributed by atoms with E-state index >= 15 is 0 Å². The molecule has 0 fully saturated rings. The molecule has 0 radical (unpaired) electrons. The number of aryl methyl sites for hydroxylation is 2. The normalized spacial score (nSPS) is 11.1. The summed E-state index contributed by atoms with van der Waals surface area (Å²) in [4.78, 5) is 1.31. The molecular formula is C32H35ClO5S. The van der Waals surface area contributed by atoms with Gasteiger partial charge in [0.05, 0.1) is 12.2 Å². The molecule has 0 aliphatic carbocycles. The molecule has 206 valence electrons. The Kier molecular flexibility index (Phi) is 11.9. The van der Waals surface area contributed by atoms with Crippen LogP contribution in [-0.2, 0) is 12.8 Å². The van der Waals surface area contributed by atoms with Gasteiger partial charge in [-0.25, -0.2) is 18.6 Å². The molecule has 3 aromatic carbocycles. The van der Waals surface area contributed by atoms with E-state index in [1.807, 2.05) is 11.3 Å². The van der Waals surface area contributed by atoms with Crippen molar-refractivity contribution in [2.24, 2.45) is 0 Å². The minimum absolute atomic E-state index is 0.785. The number of rotatable bonds is 10. The molecule has 4 aromatic rings. The predicted molar refractivity (Wildman–Crippen MR) is 149 cm³/mol. The SMILES string of the molecule is CCCCCOc1ccc(-c2cc[s+]c(-c3ccc(CC)cc3)c2-c2ccc(CC)cc2)cc1.[O-][Cl+3]([O-])([O-])[O-]. The first-order valence-corrected chi connectivity index (χ1v) is 15.3. The van der Waals surface area contributed by atoms with E-state index in [0.29, 0.717) is 0 Å². The van der Waals surface area contributed by atoms with Crippen molar-refractivity contribution >= 4 is 11.3 Å². The number of hydrogen-bond donors (Lipinski definition) is 0. The van der Waals surface area contributed by atoms with Gasteiger partial charge in [0.15, 0.2) is 5.38 Å². The molecule has 1 aromatic heterocycles. The molecular weight excluding hydrogens is 532 g/mol. The highest BCUT2D eigenvalue weighted by Gasteiger charge is 2.22. The van der Waals surface area contributed by atoms with Gasteiger partial charge in [0.1, 0.15) is 5.75 Å². The fourth-order valence-corrected chi connectivity index (χ4v) is 5.20. The van der Waals surface area contributed by atoms with Gasteiger partial charge in [-0.05, 0) is 65.8 Å². The van der Waals surface area contributed by atoms with Crippen molar-refractivity contribution in [1.82, 2.24) is 0 Å². The lowest BCUT2D eigenvalue weighted by atomic mass is 9.92. The summed E-state index contributed by atoms with van der Waals surface area (Å²) in [5.74, 6) is 0.947. The second-order valence-corrected chi connectivity index (χ2v) is 10.8. The van der Waals surface area contributed by atoms with Crippen molar-refractivity contribution in [2.75, 3.05) is 6.61 Å². The fourth-order valence-electron chi connectivity index (χ4n) is 4.25. The van der Waals surface area contributed by atoms with Gasteiger partial charge in [-0.2, -0.15) is 0 Å². The highest BCUT2D eigenvalue weighted by molar-refractivity contribution is 7.13. The minimum Gasteiger partial charge on any atom is -0.494 e. The molecule has 4 rings (SSSR count). The Hall–Kier alpha value is -2.84. The van der Waals surface area contributed by atoms with Crippen molar-refractivity contribution in [3.05, 3.63) is 95.4 Å². The quantitative estimate of drug-likeness (QED) is 0.199. The van der Waals surface area contributed by atoms with Crippen molar-refractivity contribution in [2.45, 2.75) is 52.9 Å². The molecule has 0 saturated carbocycles. The Morgan fingerprint density at radius 3 is 1.67 bits per heavy atom. The van der Waals surface area contributed by atoms with Gasteiger partial charge in [-0.15, -0.1) is 10.2 Å². The van der Waals surface area contributed by atoms with Crippen molar-refractivity contribution in [1.29, 1.82) is 0 Å². The molecule has 0 bridgehead atoms. The molecule has 1 heterocycles. The standard InChI is InChI=1S/C32H35OS.ClHO4/c1-4-7-8-22-33-29-19-17-26(18-20-29)30-21-23-34-32(28-15-11-25(6-3)12-16-28)31(30)27-13-9-24(5-2)10-14-27;2-1(3,4)5/h9-21,23H,4-8,22H2,1-3H3;(H,2,3,4,5)/q+1;/p-1.